The number of hydrogen-bond acceptors (Lipinski definition) is 3. The Bertz CT molecular complexity index is 715. The summed E-state index contributed by atoms with van der Waals surface area (Å²) >= 11 is 3.43. The molecule has 0 spiro atoms. The number of nitrogens with one attached hydrogen (secondary N) is 1. The number of nitrogens with zero attached hydrogens (tertiary/aromatic N) is 2. The molecule has 134 valence electrons. The Morgan fingerprint density at radius 3 is 2.56 bits per heavy atom. The van der Waals surface area contributed by atoms with Gasteiger partial charge >= 0.3 is 6.03 Å². The van der Waals surface area contributed by atoms with Crippen molar-refractivity contribution in [3.8, 4) is 0 Å². The summed E-state index contributed by atoms with van der Waals surface area (Å²) in [6.45, 7) is 5.00. The van der Waals surface area contributed by atoms with E-state index in [1.165, 1.54) is 0 Å². The number of carbonyl (C=O) groups is 3. The van der Waals surface area contributed by atoms with Gasteiger partial charge in [-0.2, -0.15) is 0 Å². The summed E-state index contributed by atoms with van der Waals surface area (Å²) in [6, 6.07) is 6.74. The van der Waals surface area contributed by atoms with Gasteiger partial charge < -0.3 is 10.2 Å². The molecule has 0 aromatic heterocycles. The minimum absolute atomic E-state index is 0.174. The first-order valence-corrected chi connectivity index (χ1v) is 9.29. The summed E-state index contributed by atoms with van der Waals surface area (Å²) in [5.41, 5.74) is -0.497. The normalized spacial score (nSPS) is 24.6. The van der Waals surface area contributed by atoms with Crippen LogP contribution in [0.4, 0.5) is 4.79 Å². The van der Waals surface area contributed by atoms with Crippen LogP contribution in [0.25, 0.3) is 0 Å². The van der Waals surface area contributed by atoms with E-state index in [1.54, 1.807) is 17.9 Å². The molecule has 1 atom stereocenters. The highest BCUT2D eigenvalue weighted by atomic mass is 79.9. The lowest BCUT2D eigenvalue weighted by Crippen LogP contribution is -2.46. The van der Waals surface area contributed by atoms with E-state index in [0.29, 0.717) is 24.6 Å². The average molecular weight is 408 g/mol. The monoisotopic (exact) mass is 407 g/mol. The minimum Gasteiger partial charge on any atom is -0.341 e. The zero-order valence-electron chi connectivity index (χ0n) is 14.4. The molecule has 2 heterocycles. The minimum atomic E-state index is -1.17. The number of rotatable bonds is 3. The molecular weight excluding hydrogens is 386 g/mol. The maximum Gasteiger partial charge on any atom is 0.325 e. The van der Waals surface area contributed by atoms with Crippen LogP contribution in [-0.4, -0.2) is 47.3 Å². The van der Waals surface area contributed by atoms with Gasteiger partial charge in [-0.05, 0) is 31.7 Å². The summed E-state index contributed by atoms with van der Waals surface area (Å²) in [7, 11) is 0. The predicted octanol–water partition coefficient (Wildman–Crippen LogP) is 2.47. The third-order valence-corrected chi connectivity index (χ3v) is 5.81. The van der Waals surface area contributed by atoms with Crippen LogP contribution in [0.15, 0.2) is 28.7 Å². The number of piperidine rings is 1. The third-order valence-electron chi connectivity index (χ3n) is 5.12. The fourth-order valence-electron chi connectivity index (χ4n) is 3.38. The highest BCUT2D eigenvalue weighted by Crippen LogP contribution is 2.33. The molecule has 1 aromatic carbocycles. The van der Waals surface area contributed by atoms with Gasteiger partial charge in [0.05, 0.1) is 0 Å². The molecule has 25 heavy (non-hydrogen) atoms. The lowest BCUT2D eigenvalue weighted by Gasteiger charge is -2.31. The van der Waals surface area contributed by atoms with Crippen molar-refractivity contribution in [3.63, 3.8) is 0 Å². The molecule has 2 saturated heterocycles. The molecule has 1 aromatic rings. The summed E-state index contributed by atoms with van der Waals surface area (Å²) in [6.07, 6.45) is 1.92. The van der Waals surface area contributed by atoms with Crippen LogP contribution in [0, 0.1) is 5.92 Å². The molecule has 4 amide bonds. The van der Waals surface area contributed by atoms with Gasteiger partial charge in [-0.3, -0.25) is 14.5 Å². The maximum atomic E-state index is 12.9. The molecule has 0 aliphatic carbocycles. The zero-order valence-corrected chi connectivity index (χ0v) is 16.0. The van der Waals surface area contributed by atoms with Gasteiger partial charge in [0.15, 0.2) is 0 Å². The molecule has 3 rings (SSSR count). The van der Waals surface area contributed by atoms with Gasteiger partial charge in [0.1, 0.15) is 12.1 Å². The lowest BCUT2D eigenvalue weighted by molar-refractivity contribution is -0.139. The Morgan fingerprint density at radius 1 is 1.28 bits per heavy atom. The van der Waals surface area contributed by atoms with E-state index in [-0.39, 0.29) is 12.5 Å². The van der Waals surface area contributed by atoms with Crippen LogP contribution in [0.2, 0.25) is 0 Å². The fourth-order valence-corrected chi connectivity index (χ4v) is 4.06. The molecule has 2 fully saturated rings. The van der Waals surface area contributed by atoms with Crippen LogP contribution < -0.4 is 5.32 Å². The Labute approximate surface area is 155 Å². The average Bonchev–Trinajstić information content (AvgIpc) is 2.80. The summed E-state index contributed by atoms with van der Waals surface area (Å²) < 4.78 is 0.740. The first-order valence-electron chi connectivity index (χ1n) is 8.50. The Hall–Kier alpha value is -1.89. The van der Waals surface area contributed by atoms with Gasteiger partial charge in [-0.25, -0.2) is 4.79 Å². The number of urea groups is 1. The van der Waals surface area contributed by atoms with Crippen molar-refractivity contribution < 1.29 is 14.4 Å². The number of hydrogen-bond donors (Lipinski definition) is 1. The zero-order chi connectivity index (χ0) is 18.2. The van der Waals surface area contributed by atoms with E-state index < -0.39 is 17.5 Å². The highest BCUT2D eigenvalue weighted by molar-refractivity contribution is 9.10. The molecule has 0 radical (unpaired) electrons. The van der Waals surface area contributed by atoms with Crippen LogP contribution in [-0.2, 0) is 15.1 Å². The molecular formula is C18H22BrN3O3. The summed E-state index contributed by atoms with van der Waals surface area (Å²) in [4.78, 5) is 40.6. The van der Waals surface area contributed by atoms with Crippen molar-refractivity contribution in [1.82, 2.24) is 15.1 Å². The number of amides is 4. The molecule has 1 unspecified atom stereocenters. The van der Waals surface area contributed by atoms with Gasteiger partial charge in [-0.1, -0.05) is 41.1 Å². The molecule has 7 heteroatoms. The second kappa shape index (κ2) is 6.78. The molecule has 2 aliphatic heterocycles. The van der Waals surface area contributed by atoms with Crippen LogP contribution >= 0.6 is 15.9 Å². The van der Waals surface area contributed by atoms with E-state index in [1.807, 2.05) is 18.2 Å². The Kier molecular flexibility index (Phi) is 4.86. The van der Waals surface area contributed by atoms with Crippen LogP contribution in [0.3, 0.4) is 0 Å². The maximum absolute atomic E-state index is 12.9. The number of imide groups is 1. The first-order chi connectivity index (χ1) is 11.8. The number of carbonyl (C=O) groups excluding carboxylic acids is 3. The van der Waals surface area contributed by atoms with Gasteiger partial charge in [-0.15, -0.1) is 0 Å². The predicted molar refractivity (Wildman–Crippen MR) is 96.7 cm³/mol. The smallest absolute Gasteiger partial charge is 0.325 e. The van der Waals surface area contributed by atoms with Gasteiger partial charge in [0.25, 0.3) is 5.91 Å². The SMILES string of the molecule is CC1CCN(C(=O)CN2C(=O)NC(C)(c3ccccc3Br)C2=O)CC1. The molecule has 2 aliphatic rings. The van der Waals surface area contributed by atoms with Gasteiger partial charge in [0.2, 0.25) is 5.91 Å². The Balaban J connectivity index is 1.76. The number of benzene rings is 1. The number of halogens is 1. The highest BCUT2D eigenvalue weighted by Gasteiger charge is 2.50. The van der Waals surface area contributed by atoms with Crippen LogP contribution in [0.5, 0.6) is 0 Å². The largest absolute Gasteiger partial charge is 0.341 e. The summed E-state index contributed by atoms with van der Waals surface area (Å²) in [5.74, 6) is 0.0365. The van der Waals surface area contributed by atoms with E-state index >= 15 is 0 Å². The number of likely N-dealkylation sites (tertiary alicyclic amines) is 1. The molecule has 0 bridgehead atoms. The van der Waals surface area contributed by atoms with Crippen LogP contribution in [0.1, 0.15) is 32.3 Å². The van der Waals surface area contributed by atoms with E-state index in [0.717, 1.165) is 22.2 Å². The lowest BCUT2D eigenvalue weighted by atomic mass is 9.92. The van der Waals surface area contributed by atoms with Crippen molar-refractivity contribution in [2.45, 2.75) is 32.2 Å². The topological polar surface area (TPSA) is 69.7 Å². The first kappa shape index (κ1) is 17.9. The second-order valence-electron chi connectivity index (χ2n) is 6.99. The Morgan fingerprint density at radius 2 is 1.92 bits per heavy atom. The van der Waals surface area contributed by atoms with E-state index in [4.69, 9.17) is 0 Å². The summed E-state index contributed by atoms with van der Waals surface area (Å²) in [5, 5.41) is 2.74. The fraction of sp³-hybridized carbons (Fsp3) is 0.500. The van der Waals surface area contributed by atoms with Crippen molar-refractivity contribution in [2.75, 3.05) is 19.6 Å². The van der Waals surface area contributed by atoms with Crippen molar-refractivity contribution in [3.05, 3.63) is 34.3 Å². The van der Waals surface area contributed by atoms with Gasteiger partial charge in [0, 0.05) is 23.1 Å². The van der Waals surface area contributed by atoms with Crippen molar-refractivity contribution in [1.29, 1.82) is 0 Å². The standard InChI is InChI=1S/C18H22BrN3O3/c1-12-7-9-21(10-8-12)15(23)11-22-16(24)18(2,20-17(22)25)13-5-3-4-6-14(13)19/h3-6,12H,7-11H2,1-2H3,(H,20,25). The van der Waals surface area contributed by atoms with Crippen molar-refractivity contribution in [2.24, 2.45) is 5.92 Å². The molecule has 1 N–H and O–H groups in total. The quantitative estimate of drug-likeness (QED) is 0.782. The third kappa shape index (κ3) is 3.29. The van der Waals surface area contributed by atoms with E-state index in [2.05, 4.69) is 28.2 Å². The molecule has 0 saturated carbocycles. The van der Waals surface area contributed by atoms with Crippen molar-refractivity contribution >= 4 is 33.8 Å². The van der Waals surface area contributed by atoms with E-state index in [9.17, 15) is 14.4 Å². The second-order valence-corrected chi connectivity index (χ2v) is 7.84. The molecule has 6 nitrogen and oxygen atoms in total.